The van der Waals surface area contributed by atoms with Crippen molar-refractivity contribution in [2.24, 2.45) is 0 Å². The molecule has 2 atom stereocenters. The Labute approximate surface area is 427 Å². The molecular formula is C66H63Cl2SiZr. The predicted molar refractivity (Wildman–Crippen MR) is 305 cm³/mol. The molecule has 8 aromatic rings. The first-order valence-corrected chi connectivity index (χ1v) is 37.7. The second-order valence-electron chi connectivity index (χ2n) is 20.8. The summed E-state index contributed by atoms with van der Waals surface area (Å²) in [6.45, 7) is 14.1. The van der Waals surface area contributed by atoms with Crippen LogP contribution in [0.2, 0.25) is 0 Å². The van der Waals surface area contributed by atoms with Crippen LogP contribution in [-0.4, -0.2) is 9.52 Å². The van der Waals surface area contributed by atoms with E-state index in [2.05, 4.69) is 230 Å². The van der Waals surface area contributed by atoms with E-state index >= 15 is 0 Å². The van der Waals surface area contributed by atoms with Crippen LogP contribution in [0.1, 0.15) is 120 Å². The van der Waals surface area contributed by atoms with Gasteiger partial charge in [-0.2, -0.15) is 0 Å². The number of fused-ring (bicyclic) bond motifs is 5. The SMILES string of the molecule is CCCC1=Cc2c(ccc(C(C)C)c2-c2ccccc2-c2ccccc2)[CH]1[Zr]([Cl])([Cl])([c]1cccc2c1[SiH2]c1ccccc1-2)[CH]1C(CCC)=Cc2c1ccc(C(C)C)c2-c1ccccc1-c1ccccc1. The molecule has 70 heavy (non-hydrogen) atoms. The molecule has 2 unspecified atom stereocenters. The van der Waals surface area contributed by atoms with Crippen LogP contribution in [0.15, 0.2) is 187 Å². The summed E-state index contributed by atoms with van der Waals surface area (Å²) in [4.78, 5) is 0. The predicted octanol–water partition coefficient (Wildman–Crippen LogP) is 17.2. The molecule has 1 heterocycles. The molecule has 0 aromatic heterocycles. The molecule has 11 rings (SSSR count). The van der Waals surface area contributed by atoms with Gasteiger partial charge in [0.2, 0.25) is 0 Å². The average Bonchev–Trinajstić information content (AvgIpc) is 4.08. The van der Waals surface area contributed by atoms with Gasteiger partial charge >= 0.3 is 431 Å². The molecule has 0 N–H and O–H groups in total. The van der Waals surface area contributed by atoms with Crippen molar-refractivity contribution in [1.82, 2.24) is 0 Å². The van der Waals surface area contributed by atoms with Gasteiger partial charge in [0.25, 0.3) is 0 Å². The molecule has 2 aliphatic carbocycles. The minimum atomic E-state index is -5.83. The summed E-state index contributed by atoms with van der Waals surface area (Å²) in [6, 6.07) is 66.0. The van der Waals surface area contributed by atoms with E-state index in [9.17, 15) is 17.0 Å². The van der Waals surface area contributed by atoms with E-state index < -0.39 is 25.9 Å². The summed E-state index contributed by atoms with van der Waals surface area (Å²) in [5.41, 5.74) is 23.6. The number of hydrogen-bond donors (Lipinski definition) is 0. The number of hydrogen-bond acceptors (Lipinski definition) is 0. The van der Waals surface area contributed by atoms with Crippen molar-refractivity contribution in [3.05, 3.63) is 220 Å². The Kier molecular flexibility index (Phi) is 12.7. The van der Waals surface area contributed by atoms with E-state index in [0.717, 1.165) is 25.7 Å². The zero-order chi connectivity index (χ0) is 48.3. The van der Waals surface area contributed by atoms with Crippen LogP contribution >= 0.6 is 17.0 Å². The second-order valence-corrected chi connectivity index (χ2v) is 43.3. The molecule has 0 saturated heterocycles. The number of allylic oxidation sites excluding steroid dienone is 2. The van der Waals surface area contributed by atoms with Gasteiger partial charge in [-0.1, -0.05) is 0 Å². The van der Waals surface area contributed by atoms with Gasteiger partial charge in [-0.15, -0.1) is 0 Å². The maximum atomic E-state index is 9.65. The Morgan fingerprint density at radius 1 is 0.443 bits per heavy atom. The third-order valence-electron chi connectivity index (χ3n) is 16.0. The molecule has 3 aliphatic rings. The van der Waals surface area contributed by atoms with E-state index in [1.807, 2.05) is 0 Å². The number of halogens is 2. The first-order chi connectivity index (χ1) is 34.0. The molecular weight excluding hydrogens is 983 g/mol. The minimum absolute atomic E-state index is 0.145. The molecule has 0 saturated carbocycles. The average molecular weight is 1050 g/mol. The van der Waals surface area contributed by atoms with E-state index in [4.69, 9.17) is 0 Å². The van der Waals surface area contributed by atoms with Crippen molar-refractivity contribution in [3.8, 4) is 55.6 Å². The van der Waals surface area contributed by atoms with Crippen LogP contribution in [0.5, 0.6) is 0 Å². The van der Waals surface area contributed by atoms with Crippen molar-refractivity contribution in [1.29, 1.82) is 0 Å². The summed E-state index contributed by atoms with van der Waals surface area (Å²) in [7, 11) is 18.4. The van der Waals surface area contributed by atoms with E-state index in [0.29, 0.717) is 11.8 Å². The van der Waals surface area contributed by atoms with Crippen molar-refractivity contribution >= 4 is 52.3 Å². The van der Waals surface area contributed by atoms with Gasteiger partial charge in [-0.3, -0.25) is 0 Å². The zero-order valence-electron chi connectivity index (χ0n) is 41.5. The van der Waals surface area contributed by atoms with Crippen LogP contribution in [0.25, 0.3) is 67.8 Å². The normalized spacial score (nSPS) is 16.7. The standard InChI is InChI=1S/2C27H27.C12H9Si.2ClH.Zr/c2*1-4-10-20-17-22-15-16-23(19(2)3)27(26(22)18-20)25-14-9-8-13-24(25)21-11-6-5-7-12-21;1-3-7-11-9(5-1)10-6-2-4-8-12(10)13-11;;;/h2*5-9,11-19H,4,10H2,1-3H3;1-7H,13H2;2*1H;/q;;;;;+2/p-2. The third-order valence-corrected chi connectivity index (χ3v) is 38.7. The summed E-state index contributed by atoms with van der Waals surface area (Å²) >= 11 is -5.83. The maximum absolute atomic E-state index is 9.65. The summed E-state index contributed by atoms with van der Waals surface area (Å²) < 4.78 is 1.01. The monoisotopic (exact) mass is 1040 g/mol. The molecule has 1 aliphatic heterocycles. The molecule has 0 fully saturated rings. The van der Waals surface area contributed by atoms with Gasteiger partial charge in [-0.05, 0) is 0 Å². The Balaban J connectivity index is 1.24. The first kappa shape index (κ1) is 47.3. The van der Waals surface area contributed by atoms with Gasteiger partial charge in [-0.25, -0.2) is 0 Å². The molecule has 0 amide bonds. The van der Waals surface area contributed by atoms with E-state index in [-0.39, 0.29) is 7.25 Å². The second kappa shape index (κ2) is 18.8. The molecule has 4 heteroatoms. The van der Waals surface area contributed by atoms with Gasteiger partial charge in [0, 0.05) is 0 Å². The van der Waals surface area contributed by atoms with Crippen molar-refractivity contribution in [3.63, 3.8) is 0 Å². The van der Waals surface area contributed by atoms with Gasteiger partial charge in [0.1, 0.15) is 0 Å². The van der Waals surface area contributed by atoms with Gasteiger partial charge < -0.3 is 0 Å². The molecule has 0 radical (unpaired) electrons. The Morgan fingerprint density at radius 3 is 1.31 bits per heavy atom. The Bertz CT molecular complexity index is 3200. The molecule has 349 valence electrons. The molecule has 8 aromatic carbocycles. The van der Waals surface area contributed by atoms with Gasteiger partial charge in [0.05, 0.1) is 0 Å². The fourth-order valence-electron chi connectivity index (χ4n) is 13.1. The molecule has 0 spiro atoms. The zero-order valence-corrected chi connectivity index (χ0v) is 46.9. The fourth-order valence-corrected chi connectivity index (χ4v) is 41.1. The van der Waals surface area contributed by atoms with Crippen LogP contribution < -0.4 is 13.6 Å². The Hall–Kier alpha value is -5.08. The first-order valence-electron chi connectivity index (χ1n) is 25.8. The Morgan fingerprint density at radius 2 is 0.857 bits per heavy atom. The van der Waals surface area contributed by atoms with Crippen LogP contribution in [-0.2, 0) is 16.4 Å². The van der Waals surface area contributed by atoms with Crippen LogP contribution in [0.3, 0.4) is 0 Å². The quantitative estimate of drug-likeness (QED) is 0.101. The van der Waals surface area contributed by atoms with E-state index in [1.165, 1.54) is 114 Å². The summed E-state index contributed by atoms with van der Waals surface area (Å²) in [5.74, 6) is 0.603. The topological polar surface area (TPSA) is 0 Å². The van der Waals surface area contributed by atoms with Crippen molar-refractivity contribution < 1.29 is 16.4 Å². The molecule has 0 bridgehead atoms. The summed E-state index contributed by atoms with van der Waals surface area (Å²) in [6.07, 6.45) is 9.05. The summed E-state index contributed by atoms with van der Waals surface area (Å²) in [5, 5.41) is 2.96. The number of benzene rings is 8. The molecule has 0 nitrogen and oxygen atoms in total. The van der Waals surface area contributed by atoms with Crippen molar-refractivity contribution in [2.75, 3.05) is 0 Å². The van der Waals surface area contributed by atoms with Crippen molar-refractivity contribution in [2.45, 2.75) is 86.3 Å². The van der Waals surface area contributed by atoms with Crippen LogP contribution in [0.4, 0.5) is 0 Å². The van der Waals surface area contributed by atoms with Gasteiger partial charge in [0.15, 0.2) is 0 Å². The van der Waals surface area contributed by atoms with E-state index in [1.54, 1.807) is 0 Å². The fraction of sp³-hybridized carbons (Fsp3) is 0.212. The third kappa shape index (κ3) is 7.62. The van der Waals surface area contributed by atoms with Crippen LogP contribution in [0, 0.1) is 0 Å². The number of rotatable bonds is 13.